The third-order valence-corrected chi connectivity index (χ3v) is 6.55. The Hall–Kier alpha value is -4.75. The van der Waals surface area contributed by atoms with Crippen LogP contribution < -0.4 is 26.6 Å². The van der Waals surface area contributed by atoms with Crippen molar-refractivity contribution in [3.8, 4) is 0 Å². The van der Waals surface area contributed by atoms with Crippen LogP contribution in [0.3, 0.4) is 0 Å². The maximum Gasteiger partial charge on any atom is 0.290 e. The first kappa shape index (κ1) is 30.8. The van der Waals surface area contributed by atoms with Crippen molar-refractivity contribution >= 4 is 36.0 Å². The molecule has 220 valence electrons. The Labute approximate surface area is 236 Å². The average molecular weight is 571 g/mol. The molecule has 2 aliphatic rings. The van der Waals surface area contributed by atoms with Gasteiger partial charge < -0.3 is 36.1 Å². The monoisotopic (exact) mass is 570 g/mol. The Morgan fingerprint density at radius 2 is 1.80 bits per heavy atom. The highest BCUT2D eigenvalue weighted by atomic mass is 16.3. The van der Waals surface area contributed by atoms with Crippen molar-refractivity contribution in [2.75, 3.05) is 6.54 Å². The first-order valence-corrected chi connectivity index (χ1v) is 13.3. The molecule has 14 heteroatoms. The van der Waals surface area contributed by atoms with E-state index in [4.69, 9.17) is 14.3 Å². The van der Waals surface area contributed by atoms with Crippen LogP contribution in [-0.4, -0.2) is 70.8 Å². The van der Waals surface area contributed by atoms with E-state index in [2.05, 4.69) is 31.6 Å². The van der Waals surface area contributed by atoms with Crippen LogP contribution in [0.5, 0.6) is 0 Å². The van der Waals surface area contributed by atoms with Gasteiger partial charge in [-0.15, -0.1) is 0 Å². The fourth-order valence-electron chi connectivity index (χ4n) is 4.42. The second kappa shape index (κ2) is 15.1. The smallest absolute Gasteiger partial charge is 0.290 e. The largest absolute Gasteiger partial charge is 0.483 e. The minimum absolute atomic E-state index is 0.0270. The molecule has 6 N–H and O–H groups in total. The topological polar surface area (TPSA) is 209 Å². The van der Waals surface area contributed by atoms with Crippen molar-refractivity contribution in [1.82, 2.24) is 31.6 Å². The highest BCUT2D eigenvalue weighted by Gasteiger charge is 2.31. The lowest BCUT2D eigenvalue weighted by atomic mass is 10.0. The SMILES string of the molecule is C[C@@H]1NC(=O)[C@@H](NC(=O)[C@@H]2CCC(=O)N2)CCCCNC(=O)[C@H](Cc2ccccc2)NC(=O)c2coc1n2.O=CO. The minimum atomic E-state index is -0.866. The second-order valence-corrected chi connectivity index (χ2v) is 9.63. The Morgan fingerprint density at radius 1 is 1.07 bits per heavy atom. The van der Waals surface area contributed by atoms with Crippen molar-refractivity contribution in [2.24, 2.45) is 0 Å². The summed E-state index contributed by atoms with van der Waals surface area (Å²) in [6.45, 7) is 1.72. The van der Waals surface area contributed by atoms with Gasteiger partial charge in [-0.25, -0.2) is 4.98 Å². The van der Waals surface area contributed by atoms with Crippen LogP contribution in [0.1, 0.15) is 67.0 Å². The fraction of sp³-hybridized carbons (Fsp3) is 0.444. The normalized spacial score (nSPS) is 23.5. The zero-order valence-electron chi connectivity index (χ0n) is 22.6. The molecule has 3 heterocycles. The van der Waals surface area contributed by atoms with Crippen molar-refractivity contribution in [1.29, 1.82) is 0 Å². The lowest BCUT2D eigenvalue weighted by Gasteiger charge is -2.22. The third kappa shape index (κ3) is 9.15. The van der Waals surface area contributed by atoms with E-state index in [1.54, 1.807) is 6.92 Å². The number of fused-ring (bicyclic) bond motifs is 2. The molecule has 4 atom stereocenters. The van der Waals surface area contributed by atoms with Gasteiger partial charge in [0.05, 0.1) is 0 Å². The summed E-state index contributed by atoms with van der Waals surface area (Å²) >= 11 is 0. The molecule has 0 aliphatic carbocycles. The zero-order valence-corrected chi connectivity index (χ0v) is 22.6. The molecule has 41 heavy (non-hydrogen) atoms. The van der Waals surface area contributed by atoms with Gasteiger partial charge in [0.1, 0.15) is 30.4 Å². The summed E-state index contributed by atoms with van der Waals surface area (Å²) in [6.07, 6.45) is 3.49. The van der Waals surface area contributed by atoms with E-state index in [0.717, 1.165) is 5.56 Å². The number of nitrogens with zero attached hydrogens (tertiary/aromatic N) is 1. The van der Waals surface area contributed by atoms with Gasteiger partial charge in [0.25, 0.3) is 12.4 Å². The first-order valence-electron chi connectivity index (χ1n) is 13.3. The molecule has 2 bridgehead atoms. The predicted molar refractivity (Wildman–Crippen MR) is 143 cm³/mol. The number of carbonyl (C=O) groups is 6. The van der Waals surface area contributed by atoms with Gasteiger partial charge in [0, 0.05) is 19.4 Å². The van der Waals surface area contributed by atoms with Gasteiger partial charge in [0.2, 0.25) is 29.5 Å². The van der Waals surface area contributed by atoms with Gasteiger partial charge in [-0.2, -0.15) is 0 Å². The molecule has 0 unspecified atom stereocenters. The number of carbonyl (C=O) groups excluding carboxylic acids is 5. The van der Waals surface area contributed by atoms with Crippen LogP contribution in [0.15, 0.2) is 41.0 Å². The molecular weight excluding hydrogens is 536 g/mol. The number of rotatable bonds is 4. The van der Waals surface area contributed by atoms with Crippen LogP contribution in [0.4, 0.5) is 0 Å². The summed E-state index contributed by atoms with van der Waals surface area (Å²) in [5.41, 5.74) is 0.859. The van der Waals surface area contributed by atoms with Crippen molar-refractivity contribution in [3.63, 3.8) is 0 Å². The number of carboxylic acid groups (broad SMARTS) is 1. The van der Waals surface area contributed by atoms with E-state index < -0.39 is 41.9 Å². The Balaban J connectivity index is 0.00000147. The second-order valence-electron chi connectivity index (χ2n) is 9.63. The van der Waals surface area contributed by atoms with Gasteiger partial charge in [-0.3, -0.25) is 28.8 Å². The van der Waals surface area contributed by atoms with E-state index in [1.807, 2.05) is 30.3 Å². The summed E-state index contributed by atoms with van der Waals surface area (Å²) in [4.78, 5) is 75.7. The number of oxazole rings is 1. The maximum atomic E-state index is 13.1. The highest BCUT2D eigenvalue weighted by Crippen LogP contribution is 2.15. The molecule has 1 aromatic heterocycles. The highest BCUT2D eigenvalue weighted by molar-refractivity contribution is 5.96. The number of hydrogen-bond donors (Lipinski definition) is 6. The fourth-order valence-corrected chi connectivity index (χ4v) is 4.42. The Bertz CT molecular complexity index is 1230. The summed E-state index contributed by atoms with van der Waals surface area (Å²) in [5.74, 6) is -1.89. The van der Waals surface area contributed by atoms with Gasteiger partial charge in [-0.1, -0.05) is 30.3 Å². The van der Waals surface area contributed by atoms with E-state index in [-0.39, 0.29) is 36.3 Å². The number of hydrogen-bond acceptors (Lipinski definition) is 8. The number of amides is 5. The van der Waals surface area contributed by atoms with Gasteiger partial charge in [0.15, 0.2) is 5.69 Å². The molecule has 2 aliphatic heterocycles. The lowest BCUT2D eigenvalue weighted by molar-refractivity contribution is -0.131. The average Bonchev–Trinajstić information content (AvgIpc) is 3.62. The molecular formula is C27H34N6O8. The van der Waals surface area contributed by atoms with Gasteiger partial charge in [-0.05, 0) is 38.2 Å². The van der Waals surface area contributed by atoms with Crippen LogP contribution >= 0.6 is 0 Å². The zero-order chi connectivity index (χ0) is 29.8. The quantitative estimate of drug-likeness (QED) is 0.272. The molecule has 0 saturated carbocycles. The van der Waals surface area contributed by atoms with Crippen molar-refractivity contribution in [3.05, 3.63) is 53.7 Å². The minimum Gasteiger partial charge on any atom is -0.483 e. The Kier molecular flexibility index (Phi) is 11.4. The predicted octanol–water partition coefficient (Wildman–Crippen LogP) is -0.0428. The lowest BCUT2D eigenvalue weighted by Crippen LogP contribution is -2.52. The number of benzene rings is 1. The van der Waals surface area contributed by atoms with Crippen LogP contribution in [0, 0.1) is 0 Å². The molecule has 1 fully saturated rings. The van der Waals surface area contributed by atoms with E-state index in [9.17, 15) is 24.0 Å². The maximum absolute atomic E-state index is 13.1. The Morgan fingerprint density at radius 3 is 2.49 bits per heavy atom. The molecule has 2 aromatic rings. The summed E-state index contributed by atoms with van der Waals surface area (Å²) in [6, 6.07) is 6.29. The van der Waals surface area contributed by atoms with E-state index in [0.29, 0.717) is 38.6 Å². The van der Waals surface area contributed by atoms with Crippen LogP contribution in [0.2, 0.25) is 0 Å². The van der Waals surface area contributed by atoms with Crippen molar-refractivity contribution in [2.45, 2.75) is 69.6 Å². The summed E-state index contributed by atoms with van der Waals surface area (Å²) < 4.78 is 5.44. The van der Waals surface area contributed by atoms with Gasteiger partial charge >= 0.3 is 0 Å². The van der Waals surface area contributed by atoms with E-state index >= 15 is 0 Å². The van der Waals surface area contributed by atoms with Crippen LogP contribution in [-0.2, 0) is 30.4 Å². The molecule has 1 saturated heterocycles. The van der Waals surface area contributed by atoms with Crippen LogP contribution in [0.25, 0.3) is 0 Å². The molecule has 4 rings (SSSR count). The standard InChI is InChI=1S/C26H32N6O6.CH2O2/c1-15-26-32-20(14-38-26)25(37)31-19(13-16-7-3-2-4-8-16)22(34)27-12-6-5-9-17(23(35)28-15)30-24(36)18-10-11-21(33)29-18;2-1-3/h2-4,7-8,14-15,17-19H,5-6,9-13H2,1H3,(H,27,34)(H,28,35)(H,29,33)(H,30,36)(H,31,37);1H,(H,2,3)/t15-,17-,18-,19-;/m0./s1. The number of aromatic nitrogens is 1. The third-order valence-electron chi connectivity index (χ3n) is 6.55. The number of nitrogens with one attached hydrogen (secondary N) is 5. The molecule has 0 radical (unpaired) electrons. The van der Waals surface area contributed by atoms with Crippen molar-refractivity contribution < 1.29 is 38.3 Å². The molecule has 5 amide bonds. The summed E-state index contributed by atoms with van der Waals surface area (Å²) in [7, 11) is 0. The molecule has 0 spiro atoms. The first-order chi connectivity index (χ1) is 19.7. The summed E-state index contributed by atoms with van der Waals surface area (Å²) in [5, 5.41) is 20.6. The van der Waals surface area contributed by atoms with E-state index in [1.165, 1.54) is 6.26 Å². The molecule has 14 nitrogen and oxygen atoms in total. The molecule has 1 aromatic carbocycles.